The fourth-order valence-corrected chi connectivity index (χ4v) is 1.69. The zero-order chi connectivity index (χ0) is 10.2. The molecule has 14 heavy (non-hydrogen) atoms. The van der Waals surface area contributed by atoms with Gasteiger partial charge in [0, 0.05) is 12.3 Å². The van der Waals surface area contributed by atoms with E-state index in [1.165, 1.54) is 0 Å². The minimum atomic E-state index is 0.997. The first-order chi connectivity index (χ1) is 6.86. The molecule has 0 amide bonds. The van der Waals surface area contributed by atoms with E-state index in [2.05, 4.69) is 36.3 Å². The first kappa shape index (κ1) is 11.4. The minimum Gasteiger partial charge on any atom is -0.370 e. The van der Waals surface area contributed by atoms with Crippen molar-refractivity contribution >= 4 is 17.6 Å². The first-order valence-corrected chi connectivity index (χ1v) is 6.29. The molecule has 0 bridgehead atoms. The largest absolute Gasteiger partial charge is 0.370 e. The van der Waals surface area contributed by atoms with Gasteiger partial charge in [0.05, 0.1) is 5.69 Å². The van der Waals surface area contributed by atoms with Crippen LogP contribution in [0.1, 0.15) is 26.0 Å². The summed E-state index contributed by atoms with van der Waals surface area (Å²) < 4.78 is 0. The molecule has 78 valence electrons. The highest BCUT2D eigenvalue weighted by molar-refractivity contribution is 7.98. The molecule has 1 heterocycles. The molecule has 0 fully saturated rings. The van der Waals surface area contributed by atoms with Gasteiger partial charge < -0.3 is 5.32 Å². The lowest BCUT2D eigenvalue weighted by Gasteiger charge is -2.05. The van der Waals surface area contributed by atoms with E-state index in [0.29, 0.717) is 0 Å². The van der Waals surface area contributed by atoms with Crippen molar-refractivity contribution in [1.29, 1.82) is 0 Å². The Balaban J connectivity index is 2.50. The monoisotopic (exact) mass is 210 g/mol. The molecule has 0 aromatic carbocycles. The molecular weight excluding hydrogens is 192 g/mol. The number of rotatable bonds is 6. The molecule has 1 aromatic heterocycles. The van der Waals surface area contributed by atoms with Gasteiger partial charge in [-0.15, -0.1) is 0 Å². The number of pyridine rings is 1. The summed E-state index contributed by atoms with van der Waals surface area (Å²) in [6.45, 7) is 5.32. The van der Waals surface area contributed by atoms with E-state index >= 15 is 0 Å². The fraction of sp³-hybridized carbons (Fsp3) is 0.545. The number of hydrogen-bond donors (Lipinski definition) is 1. The van der Waals surface area contributed by atoms with Crippen molar-refractivity contribution in [3.63, 3.8) is 0 Å². The van der Waals surface area contributed by atoms with Crippen LogP contribution in [0.5, 0.6) is 0 Å². The highest BCUT2D eigenvalue weighted by atomic mass is 32.2. The molecule has 0 atom stereocenters. The smallest absolute Gasteiger partial charge is 0.126 e. The molecule has 0 saturated carbocycles. The molecule has 0 spiro atoms. The first-order valence-electron chi connectivity index (χ1n) is 5.14. The Hall–Kier alpha value is -0.700. The van der Waals surface area contributed by atoms with Crippen LogP contribution in [-0.2, 0) is 5.75 Å². The van der Waals surface area contributed by atoms with Crippen LogP contribution in [-0.4, -0.2) is 17.3 Å². The molecule has 1 rings (SSSR count). The van der Waals surface area contributed by atoms with Gasteiger partial charge >= 0.3 is 0 Å². The quantitative estimate of drug-likeness (QED) is 0.780. The third-order valence-corrected chi connectivity index (χ3v) is 2.73. The van der Waals surface area contributed by atoms with Crippen LogP contribution in [0.3, 0.4) is 0 Å². The molecule has 0 aliphatic carbocycles. The maximum absolute atomic E-state index is 4.52. The van der Waals surface area contributed by atoms with E-state index in [-0.39, 0.29) is 0 Å². The fourth-order valence-electron chi connectivity index (χ4n) is 1.12. The average molecular weight is 210 g/mol. The number of nitrogens with one attached hydrogen (secondary N) is 1. The van der Waals surface area contributed by atoms with Crippen LogP contribution in [0, 0.1) is 0 Å². The topological polar surface area (TPSA) is 24.9 Å². The third-order valence-electron chi connectivity index (χ3n) is 1.82. The standard InChI is InChI=1S/C11H18N2S/c1-3-8-12-11-7-5-6-10(13-11)9-14-4-2/h5-7H,3-4,8-9H2,1-2H3,(H,12,13). The Morgan fingerprint density at radius 3 is 2.93 bits per heavy atom. The Kier molecular flexibility index (Phi) is 5.45. The third kappa shape index (κ3) is 4.01. The lowest BCUT2D eigenvalue weighted by Crippen LogP contribution is -2.02. The molecule has 0 radical (unpaired) electrons. The highest BCUT2D eigenvalue weighted by Gasteiger charge is 1.96. The van der Waals surface area contributed by atoms with Crippen LogP contribution in [0.25, 0.3) is 0 Å². The van der Waals surface area contributed by atoms with Gasteiger partial charge in [-0.2, -0.15) is 11.8 Å². The molecule has 0 saturated heterocycles. The normalized spacial score (nSPS) is 10.1. The van der Waals surface area contributed by atoms with Crippen LogP contribution in [0.15, 0.2) is 18.2 Å². The van der Waals surface area contributed by atoms with Crippen LogP contribution >= 0.6 is 11.8 Å². The van der Waals surface area contributed by atoms with Gasteiger partial charge in [0.1, 0.15) is 5.82 Å². The highest BCUT2D eigenvalue weighted by Crippen LogP contribution is 2.11. The van der Waals surface area contributed by atoms with Gasteiger partial charge in [-0.1, -0.05) is 19.9 Å². The average Bonchev–Trinajstić information content (AvgIpc) is 2.24. The minimum absolute atomic E-state index is 0.997. The van der Waals surface area contributed by atoms with E-state index in [0.717, 1.165) is 36.0 Å². The summed E-state index contributed by atoms with van der Waals surface area (Å²) in [6, 6.07) is 6.17. The van der Waals surface area contributed by atoms with Gasteiger partial charge in [-0.3, -0.25) is 0 Å². The predicted molar refractivity (Wildman–Crippen MR) is 64.9 cm³/mol. The lowest BCUT2D eigenvalue weighted by molar-refractivity contribution is 0.965. The molecule has 3 heteroatoms. The summed E-state index contributed by atoms with van der Waals surface area (Å²) in [5.41, 5.74) is 1.16. The lowest BCUT2D eigenvalue weighted by atomic mass is 10.3. The van der Waals surface area contributed by atoms with Crippen molar-refractivity contribution in [3.05, 3.63) is 23.9 Å². The van der Waals surface area contributed by atoms with Gasteiger partial charge in [-0.25, -0.2) is 4.98 Å². The van der Waals surface area contributed by atoms with Gasteiger partial charge in [0.15, 0.2) is 0 Å². The number of anilines is 1. The summed E-state index contributed by atoms with van der Waals surface area (Å²) in [5.74, 6) is 3.16. The Morgan fingerprint density at radius 1 is 1.36 bits per heavy atom. The zero-order valence-electron chi connectivity index (χ0n) is 8.92. The van der Waals surface area contributed by atoms with Crippen molar-refractivity contribution in [3.8, 4) is 0 Å². The zero-order valence-corrected chi connectivity index (χ0v) is 9.73. The number of thioether (sulfide) groups is 1. The molecule has 1 N–H and O–H groups in total. The van der Waals surface area contributed by atoms with Crippen molar-refractivity contribution < 1.29 is 0 Å². The van der Waals surface area contributed by atoms with E-state index in [1.54, 1.807) is 0 Å². The van der Waals surface area contributed by atoms with E-state index < -0.39 is 0 Å². The van der Waals surface area contributed by atoms with Crippen LogP contribution in [0.4, 0.5) is 5.82 Å². The molecule has 0 unspecified atom stereocenters. The van der Waals surface area contributed by atoms with E-state index in [9.17, 15) is 0 Å². The molecule has 1 aromatic rings. The number of nitrogens with zero attached hydrogens (tertiary/aromatic N) is 1. The Labute approximate surface area is 90.5 Å². The van der Waals surface area contributed by atoms with E-state index in [4.69, 9.17) is 0 Å². The molecular formula is C11H18N2S. The molecule has 0 aliphatic rings. The van der Waals surface area contributed by atoms with Crippen molar-refractivity contribution in [2.45, 2.75) is 26.0 Å². The van der Waals surface area contributed by atoms with Gasteiger partial charge in [0.25, 0.3) is 0 Å². The summed E-state index contributed by atoms with van der Waals surface area (Å²) in [6.07, 6.45) is 1.13. The van der Waals surface area contributed by atoms with Crippen molar-refractivity contribution in [2.75, 3.05) is 17.6 Å². The Bertz CT molecular complexity index is 240. The SMILES string of the molecule is CCCNc1cccc(CSCC)n1. The van der Waals surface area contributed by atoms with Gasteiger partial charge in [-0.05, 0) is 24.3 Å². The van der Waals surface area contributed by atoms with Crippen molar-refractivity contribution in [2.24, 2.45) is 0 Å². The maximum Gasteiger partial charge on any atom is 0.126 e. The maximum atomic E-state index is 4.52. The molecule has 0 aliphatic heterocycles. The summed E-state index contributed by atoms with van der Waals surface area (Å²) >= 11 is 1.90. The second-order valence-electron chi connectivity index (χ2n) is 3.08. The predicted octanol–water partition coefficient (Wildman–Crippen LogP) is 3.16. The van der Waals surface area contributed by atoms with E-state index in [1.807, 2.05) is 17.8 Å². The Morgan fingerprint density at radius 2 is 2.21 bits per heavy atom. The van der Waals surface area contributed by atoms with Crippen LogP contribution < -0.4 is 5.32 Å². The summed E-state index contributed by atoms with van der Waals surface area (Å²) in [5, 5.41) is 3.29. The molecule has 2 nitrogen and oxygen atoms in total. The van der Waals surface area contributed by atoms with Crippen LogP contribution in [0.2, 0.25) is 0 Å². The summed E-state index contributed by atoms with van der Waals surface area (Å²) in [7, 11) is 0. The van der Waals surface area contributed by atoms with Gasteiger partial charge in [0.2, 0.25) is 0 Å². The summed E-state index contributed by atoms with van der Waals surface area (Å²) in [4.78, 5) is 4.52. The number of aromatic nitrogens is 1. The second-order valence-corrected chi connectivity index (χ2v) is 4.35. The number of hydrogen-bond acceptors (Lipinski definition) is 3. The second kappa shape index (κ2) is 6.71. The van der Waals surface area contributed by atoms with Crippen molar-refractivity contribution in [1.82, 2.24) is 4.98 Å².